The van der Waals surface area contributed by atoms with Crippen molar-refractivity contribution >= 4 is 11.8 Å². The third-order valence-electron chi connectivity index (χ3n) is 5.09. The molecule has 2 aromatic rings. The molecule has 1 aromatic carbocycles. The number of carbonyl (C=O) groups excluding carboxylic acids is 2. The van der Waals surface area contributed by atoms with Crippen LogP contribution < -0.4 is 20.1 Å². The molecule has 1 aliphatic rings. The largest absolute Gasteiger partial charge is 0.493 e. The van der Waals surface area contributed by atoms with Crippen LogP contribution >= 0.6 is 0 Å². The van der Waals surface area contributed by atoms with Gasteiger partial charge >= 0.3 is 0 Å². The second-order valence-electron chi connectivity index (χ2n) is 7.08. The smallest absolute Gasteiger partial charge is 0.270 e. The average Bonchev–Trinajstić information content (AvgIpc) is 3.26. The monoisotopic (exact) mass is 397 g/mol. The number of amides is 2. The predicted molar refractivity (Wildman–Crippen MR) is 110 cm³/mol. The summed E-state index contributed by atoms with van der Waals surface area (Å²) in [6, 6.07) is 9.03. The average molecular weight is 397 g/mol. The van der Waals surface area contributed by atoms with E-state index >= 15 is 0 Å². The van der Waals surface area contributed by atoms with Crippen molar-refractivity contribution in [3.05, 3.63) is 53.3 Å². The van der Waals surface area contributed by atoms with E-state index in [1.165, 1.54) is 12.3 Å². The highest BCUT2D eigenvalue weighted by Crippen LogP contribution is 2.27. The van der Waals surface area contributed by atoms with Crippen LogP contribution in [-0.2, 0) is 6.42 Å². The molecular formula is C22H27N3O4. The van der Waals surface area contributed by atoms with Gasteiger partial charge in [0.1, 0.15) is 5.69 Å². The van der Waals surface area contributed by atoms with Gasteiger partial charge in [-0.25, -0.2) is 0 Å². The fourth-order valence-corrected chi connectivity index (χ4v) is 3.48. The molecule has 0 spiro atoms. The zero-order valence-electron chi connectivity index (χ0n) is 16.9. The number of carbonyl (C=O) groups is 2. The van der Waals surface area contributed by atoms with Gasteiger partial charge in [0.05, 0.1) is 14.2 Å². The van der Waals surface area contributed by atoms with E-state index in [-0.39, 0.29) is 23.6 Å². The molecule has 7 nitrogen and oxygen atoms in total. The number of aromatic nitrogens is 1. The summed E-state index contributed by atoms with van der Waals surface area (Å²) in [5.41, 5.74) is 1.71. The molecule has 1 heterocycles. The van der Waals surface area contributed by atoms with Gasteiger partial charge in [-0.1, -0.05) is 18.9 Å². The van der Waals surface area contributed by atoms with Gasteiger partial charge in [-0.2, -0.15) is 0 Å². The fourth-order valence-electron chi connectivity index (χ4n) is 3.48. The highest BCUT2D eigenvalue weighted by atomic mass is 16.5. The molecule has 1 fully saturated rings. The van der Waals surface area contributed by atoms with E-state index < -0.39 is 0 Å². The van der Waals surface area contributed by atoms with E-state index in [2.05, 4.69) is 15.6 Å². The maximum Gasteiger partial charge on any atom is 0.270 e. The molecule has 2 amide bonds. The van der Waals surface area contributed by atoms with E-state index in [9.17, 15) is 9.59 Å². The SMILES string of the molecule is COc1ccc(CCNC(=O)c2ccnc(C(=O)NC3CCCC3)c2)cc1OC. The number of hydrogen-bond acceptors (Lipinski definition) is 5. The number of hydrogen-bond donors (Lipinski definition) is 2. The molecule has 3 rings (SSSR count). The number of benzene rings is 1. The molecule has 0 radical (unpaired) electrons. The lowest BCUT2D eigenvalue weighted by atomic mass is 10.1. The van der Waals surface area contributed by atoms with Crippen molar-refractivity contribution in [3.63, 3.8) is 0 Å². The third-order valence-corrected chi connectivity index (χ3v) is 5.09. The van der Waals surface area contributed by atoms with Crippen LogP contribution in [0.1, 0.15) is 52.1 Å². The zero-order chi connectivity index (χ0) is 20.6. The summed E-state index contributed by atoms with van der Waals surface area (Å²) >= 11 is 0. The van der Waals surface area contributed by atoms with Crippen LogP contribution in [-0.4, -0.2) is 43.6 Å². The summed E-state index contributed by atoms with van der Waals surface area (Å²) in [5, 5.41) is 5.87. The van der Waals surface area contributed by atoms with E-state index in [0.717, 1.165) is 31.2 Å². The summed E-state index contributed by atoms with van der Waals surface area (Å²) in [5.74, 6) is 0.864. The van der Waals surface area contributed by atoms with Gasteiger partial charge in [-0.05, 0) is 49.1 Å². The summed E-state index contributed by atoms with van der Waals surface area (Å²) < 4.78 is 10.5. The highest BCUT2D eigenvalue weighted by molar-refractivity contribution is 5.98. The minimum absolute atomic E-state index is 0.211. The lowest BCUT2D eigenvalue weighted by Gasteiger charge is -2.12. The Morgan fingerprint density at radius 1 is 1.03 bits per heavy atom. The van der Waals surface area contributed by atoms with E-state index in [1.54, 1.807) is 20.3 Å². The fraction of sp³-hybridized carbons (Fsp3) is 0.409. The minimum Gasteiger partial charge on any atom is -0.493 e. The van der Waals surface area contributed by atoms with E-state index in [1.807, 2.05) is 18.2 Å². The Bertz CT molecular complexity index is 863. The Balaban J connectivity index is 1.54. The highest BCUT2D eigenvalue weighted by Gasteiger charge is 2.19. The van der Waals surface area contributed by atoms with Crippen LogP contribution in [0, 0.1) is 0 Å². The Hall–Kier alpha value is -3.09. The first kappa shape index (κ1) is 20.6. The zero-order valence-corrected chi connectivity index (χ0v) is 16.9. The number of rotatable bonds is 8. The Morgan fingerprint density at radius 3 is 2.52 bits per heavy atom. The van der Waals surface area contributed by atoms with E-state index in [4.69, 9.17) is 9.47 Å². The number of ether oxygens (including phenoxy) is 2. The molecule has 0 unspecified atom stereocenters. The Labute approximate surface area is 170 Å². The Morgan fingerprint density at radius 2 is 1.79 bits per heavy atom. The van der Waals surface area contributed by atoms with Gasteiger partial charge in [0.25, 0.3) is 11.8 Å². The molecule has 7 heteroatoms. The molecule has 0 aliphatic heterocycles. The molecule has 154 valence electrons. The van der Waals surface area contributed by atoms with Crippen molar-refractivity contribution < 1.29 is 19.1 Å². The first-order chi connectivity index (χ1) is 14.1. The lowest BCUT2D eigenvalue weighted by Crippen LogP contribution is -2.33. The predicted octanol–water partition coefficient (Wildman–Crippen LogP) is 2.74. The van der Waals surface area contributed by atoms with Gasteiger partial charge < -0.3 is 20.1 Å². The summed E-state index contributed by atoms with van der Waals surface area (Å²) in [6.45, 7) is 0.459. The van der Waals surface area contributed by atoms with Gasteiger partial charge in [-0.15, -0.1) is 0 Å². The van der Waals surface area contributed by atoms with Crippen molar-refractivity contribution in [1.29, 1.82) is 0 Å². The van der Waals surface area contributed by atoms with Crippen molar-refractivity contribution in [2.75, 3.05) is 20.8 Å². The molecular weight excluding hydrogens is 370 g/mol. The first-order valence-corrected chi connectivity index (χ1v) is 9.86. The second-order valence-corrected chi connectivity index (χ2v) is 7.08. The summed E-state index contributed by atoms with van der Waals surface area (Å²) in [7, 11) is 3.18. The molecule has 1 saturated carbocycles. The minimum atomic E-state index is -0.234. The standard InChI is InChI=1S/C22H27N3O4/c1-28-19-8-7-15(13-20(19)29-2)9-11-24-21(26)16-10-12-23-18(14-16)22(27)25-17-5-3-4-6-17/h7-8,10,12-14,17H,3-6,9,11H2,1-2H3,(H,24,26)(H,25,27). The number of methoxy groups -OCH3 is 2. The summed E-state index contributed by atoms with van der Waals surface area (Å²) in [4.78, 5) is 28.9. The number of nitrogens with zero attached hydrogens (tertiary/aromatic N) is 1. The van der Waals surface area contributed by atoms with Crippen molar-refractivity contribution in [2.45, 2.75) is 38.1 Å². The maximum absolute atomic E-state index is 12.5. The van der Waals surface area contributed by atoms with Crippen LogP contribution in [0.3, 0.4) is 0 Å². The van der Waals surface area contributed by atoms with E-state index in [0.29, 0.717) is 30.0 Å². The van der Waals surface area contributed by atoms with Crippen LogP contribution in [0.15, 0.2) is 36.5 Å². The molecule has 0 saturated heterocycles. The topological polar surface area (TPSA) is 89.5 Å². The van der Waals surface area contributed by atoms with Crippen LogP contribution in [0.25, 0.3) is 0 Å². The van der Waals surface area contributed by atoms with Crippen molar-refractivity contribution in [3.8, 4) is 11.5 Å². The van der Waals surface area contributed by atoms with Crippen LogP contribution in [0.4, 0.5) is 0 Å². The lowest BCUT2D eigenvalue weighted by molar-refractivity contribution is 0.0933. The molecule has 0 bridgehead atoms. The molecule has 1 aromatic heterocycles. The van der Waals surface area contributed by atoms with Crippen molar-refractivity contribution in [2.24, 2.45) is 0 Å². The third kappa shape index (κ3) is 5.47. The molecule has 2 N–H and O–H groups in total. The first-order valence-electron chi connectivity index (χ1n) is 9.86. The van der Waals surface area contributed by atoms with Crippen molar-refractivity contribution in [1.82, 2.24) is 15.6 Å². The number of nitrogens with one attached hydrogen (secondary N) is 2. The second kappa shape index (κ2) is 9.91. The quantitative estimate of drug-likeness (QED) is 0.715. The molecule has 1 aliphatic carbocycles. The van der Waals surface area contributed by atoms with Gasteiger partial charge in [0.15, 0.2) is 11.5 Å². The maximum atomic E-state index is 12.5. The number of pyridine rings is 1. The normalized spacial score (nSPS) is 13.7. The van der Waals surface area contributed by atoms with Gasteiger partial charge in [0, 0.05) is 24.3 Å². The van der Waals surface area contributed by atoms with Gasteiger partial charge in [0.2, 0.25) is 0 Å². The molecule has 0 atom stereocenters. The van der Waals surface area contributed by atoms with Crippen LogP contribution in [0.5, 0.6) is 11.5 Å². The Kier molecular flexibility index (Phi) is 7.05. The van der Waals surface area contributed by atoms with Gasteiger partial charge in [-0.3, -0.25) is 14.6 Å². The molecule has 29 heavy (non-hydrogen) atoms. The van der Waals surface area contributed by atoms with Crippen LogP contribution in [0.2, 0.25) is 0 Å². The summed E-state index contributed by atoms with van der Waals surface area (Å²) in [6.07, 6.45) is 6.42.